The van der Waals surface area contributed by atoms with E-state index in [0.29, 0.717) is 5.75 Å². The number of phenolic OH excluding ortho intramolecular Hbond substituents is 1. The van der Waals surface area contributed by atoms with Crippen molar-refractivity contribution in [2.75, 3.05) is 0 Å². The molecule has 0 radical (unpaired) electrons. The second-order valence-corrected chi connectivity index (χ2v) is 9.68. The fourth-order valence-electron chi connectivity index (χ4n) is 4.11. The monoisotopic (exact) mass is 410 g/mol. The minimum Gasteiger partial charge on any atom is -0.508 e. The predicted molar refractivity (Wildman–Crippen MR) is 130 cm³/mol. The summed E-state index contributed by atoms with van der Waals surface area (Å²) in [7, 11) is 0. The zero-order valence-electron chi connectivity index (χ0n) is 20.3. The Bertz CT molecular complexity index is 822. The van der Waals surface area contributed by atoms with E-state index in [0.717, 1.165) is 67.4 Å². The minimum atomic E-state index is -0.126. The van der Waals surface area contributed by atoms with E-state index >= 15 is 0 Å². The molecule has 1 aliphatic rings. The molecule has 0 saturated heterocycles. The van der Waals surface area contributed by atoms with Gasteiger partial charge >= 0.3 is 0 Å². The molecule has 0 spiro atoms. The molecule has 2 rings (SSSR count). The van der Waals surface area contributed by atoms with Crippen molar-refractivity contribution in [3.05, 3.63) is 57.7 Å². The molecule has 0 aromatic heterocycles. The number of benzene rings is 1. The molecular formula is C28H42O2. The average Bonchev–Trinajstić information content (AvgIpc) is 2.67. The second kappa shape index (κ2) is 10.9. The molecule has 1 N–H and O–H groups in total. The summed E-state index contributed by atoms with van der Waals surface area (Å²) in [5.41, 5.74) is 7.40. The second-order valence-electron chi connectivity index (χ2n) is 9.68. The maximum atomic E-state index is 10.1. The van der Waals surface area contributed by atoms with Gasteiger partial charge in [-0.25, -0.2) is 0 Å². The summed E-state index contributed by atoms with van der Waals surface area (Å²) in [4.78, 5) is 0. The van der Waals surface area contributed by atoms with E-state index in [2.05, 4.69) is 59.8 Å². The first-order chi connectivity index (χ1) is 14.1. The Kier molecular flexibility index (Phi) is 8.82. The number of allylic oxidation sites excluding steroid dienone is 6. The largest absolute Gasteiger partial charge is 0.508 e. The van der Waals surface area contributed by atoms with Gasteiger partial charge in [-0.05, 0) is 123 Å². The Morgan fingerprint density at radius 2 is 1.57 bits per heavy atom. The molecule has 0 aliphatic carbocycles. The summed E-state index contributed by atoms with van der Waals surface area (Å²) in [5, 5.41) is 10.1. The molecule has 1 aromatic rings. The SMILES string of the molecule is CC(C)=CCCC(C)=CCCC(C)=CCCC1(C)CCc2cc(O)c(C)c(C)c2O1. The van der Waals surface area contributed by atoms with Crippen LogP contribution in [0, 0.1) is 13.8 Å². The highest BCUT2D eigenvalue weighted by atomic mass is 16.5. The van der Waals surface area contributed by atoms with Crippen molar-refractivity contribution in [2.24, 2.45) is 0 Å². The third kappa shape index (κ3) is 7.07. The van der Waals surface area contributed by atoms with Gasteiger partial charge in [0.15, 0.2) is 0 Å². The third-order valence-electron chi connectivity index (χ3n) is 6.45. The molecule has 30 heavy (non-hydrogen) atoms. The number of hydrogen-bond donors (Lipinski definition) is 1. The molecule has 1 unspecified atom stereocenters. The standard InChI is InChI=1S/C28H42O2/c1-20(2)11-8-12-21(3)13-9-14-22(4)15-10-17-28(7)18-16-25-19-26(29)23(5)24(6)27(25)30-28/h11,13,15,19,29H,8-10,12,14,16-18H2,1-7H3. The fraction of sp³-hybridized carbons (Fsp3) is 0.571. The Balaban J connectivity index is 1.83. The van der Waals surface area contributed by atoms with Gasteiger partial charge in [0, 0.05) is 0 Å². The van der Waals surface area contributed by atoms with E-state index in [1.165, 1.54) is 23.1 Å². The summed E-state index contributed by atoms with van der Waals surface area (Å²) in [6, 6.07) is 1.89. The average molecular weight is 411 g/mol. The number of rotatable bonds is 9. The van der Waals surface area contributed by atoms with Gasteiger partial charge in [0.25, 0.3) is 0 Å². The van der Waals surface area contributed by atoms with Gasteiger partial charge in [-0.1, -0.05) is 34.9 Å². The van der Waals surface area contributed by atoms with Gasteiger partial charge in [0.2, 0.25) is 0 Å². The molecule has 1 atom stereocenters. The molecule has 2 heteroatoms. The van der Waals surface area contributed by atoms with Gasteiger partial charge in [0.05, 0.1) is 0 Å². The van der Waals surface area contributed by atoms with Crippen LogP contribution in [-0.2, 0) is 6.42 Å². The minimum absolute atomic E-state index is 0.126. The number of aryl methyl sites for hydroxylation is 1. The fourth-order valence-corrected chi connectivity index (χ4v) is 4.11. The molecular weight excluding hydrogens is 368 g/mol. The summed E-state index contributed by atoms with van der Waals surface area (Å²) < 4.78 is 6.48. The zero-order chi connectivity index (χ0) is 22.3. The lowest BCUT2D eigenvalue weighted by Crippen LogP contribution is -2.36. The number of aromatic hydroxyl groups is 1. The first kappa shape index (κ1) is 24.3. The van der Waals surface area contributed by atoms with E-state index in [4.69, 9.17) is 4.74 Å². The quantitative estimate of drug-likeness (QED) is 0.415. The van der Waals surface area contributed by atoms with E-state index in [9.17, 15) is 5.11 Å². The van der Waals surface area contributed by atoms with Crippen molar-refractivity contribution in [1.82, 2.24) is 0 Å². The van der Waals surface area contributed by atoms with Gasteiger partial charge in [-0.15, -0.1) is 0 Å². The molecule has 0 saturated carbocycles. The Hall–Kier alpha value is -1.96. The molecule has 2 nitrogen and oxygen atoms in total. The summed E-state index contributed by atoms with van der Waals surface area (Å²) in [5.74, 6) is 1.38. The maximum Gasteiger partial charge on any atom is 0.126 e. The van der Waals surface area contributed by atoms with E-state index in [-0.39, 0.29) is 5.60 Å². The van der Waals surface area contributed by atoms with E-state index in [1.54, 1.807) is 0 Å². The summed E-state index contributed by atoms with van der Waals surface area (Å²) >= 11 is 0. The topological polar surface area (TPSA) is 29.5 Å². The van der Waals surface area contributed by atoms with Gasteiger partial charge in [-0.3, -0.25) is 0 Å². The lowest BCUT2D eigenvalue weighted by atomic mass is 9.87. The van der Waals surface area contributed by atoms with Crippen molar-refractivity contribution in [3.63, 3.8) is 0 Å². The number of phenols is 1. The molecule has 0 amide bonds. The maximum absolute atomic E-state index is 10.1. The van der Waals surface area contributed by atoms with Crippen molar-refractivity contribution < 1.29 is 9.84 Å². The van der Waals surface area contributed by atoms with Gasteiger partial charge in [0.1, 0.15) is 17.1 Å². The molecule has 0 fully saturated rings. The molecule has 166 valence electrons. The normalized spacial score (nSPS) is 19.3. The van der Waals surface area contributed by atoms with Crippen LogP contribution in [0.5, 0.6) is 11.5 Å². The van der Waals surface area contributed by atoms with Crippen LogP contribution in [-0.4, -0.2) is 10.7 Å². The number of fused-ring (bicyclic) bond motifs is 1. The molecule has 1 aliphatic heterocycles. The van der Waals surface area contributed by atoms with Crippen LogP contribution in [0.15, 0.2) is 41.0 Å². The number of ether oxygens (including phenoxy) is 1. The predicted octanol–water partition coefficient (Wildman–Crippen LogP) is 8.29. The first-order valence-corrected chi connectivity index (χ1v) is 11.6. The lowest BCUT2D eigenvalue weighted by molar-refractivity contribution is 0.0560. The highest BCUT2D eigenvalue weighted by Gasteiger charge is 2.32. The van der Waals surface area contributed by atoms with Crippen LogP contribution < -0.4 is 4.74 Å². The van der Waals surface area contributed by atoms with Crippen molar-refractivity contribution in [3.8, 4) is 11.5 Å². The van der Waals surface area contributed by atoms with E-state index in [1.807, 2.05) is 13.0 Å². The highest BCUT2D eigenvalue weighted by molar-refractivity contribution is 5.53. The Morgan fingerprint density at radius 1 is 0.967 bits per heavy atom. The zero-order valence-corrected chi connectivity index (χ0v) is 20.3. The van der Waals surface area contributed by atoms with Crippen molar-refractivity contribution in [1.29, 1.82) is 0 Å². The van der Waals surface area contributed by atoms with Crippen LogP contribution >= 0.6 is 0 Å². The van der Waals surface area contributed by atoms with Crippen LogP contribution in [0.25, 0.3) is 0 Å². The van der Waals surface area contributed by atoms with Gasteiger partial charge < -0.3 is 9.84 Å². The molecule has 1 aromatic carbocycles. The van der Waals surface area contributed by atoms with Gasteiger partial charge in [-0.2, -0.15) is 0 Å². The Morgan fingerprint density at radius 3 is 2.20 bits per heavy atom. The summed E-state index contributed by atoms with van der Waals surface area (Å²) in [6.45, 7) is 15.1. The third-order valence-corrected chi connectivity index (χ3v) is 6.45. The smallest absolute Gasteiger partial charge is 0.126 e. The van der Waals surface area contributed by atoms with E-state index < -0.39 is 0 Å². The first-order valence-electron chi connectivity index (χ1n) is 11.6. The lowest BCUT2D eigenvalue weighted by Gasteiger charge is -2.37. The highest BCUT2D eigenvalue weighted by Crippen LogP contribution is 2.41. The Labute approximate surface area is 184 Å². The van der Waals surface area contributed by atoms with Crippen LogP contribution in [0.3, 0.4) is 0 Å². The summed E-state index contributed by atoms with van der Waals surface area (Å²) in [6.07, 6.45) is 15.8. The van der Waals surface area contributed by atoms with Crippen molar-refractivity contribution >= 4 is 0 Å². The van der Waals surface area contributed by atoms with Crippen LogP contribution in [0.2, 0.25) is 0 Å². The van der Waals surface area contributed by atoms with Crippen molar-refractivity contribution in [2.45, 2.75) is 105 Å². The van der Waals surface area contributed by atoms with Crippen LogP contribution in [0.1, 0.15) is 96.3 Å². The molecule has 0 bridgehead atoms. The molecule has 1 heterocycles. The van der Waals surface area contributed by atoms with Crippen LogP contribution in [0.4, 0.5) is 0 Å². The number of hydrogen-bond acceptors (Lipinski definition) is 2.